The van der Waals surface area contributed by atoms with E-state index in [4.69, 9.17) is 4.99 Å². The van der Waals surface area contributed by atoms with Crippen molar-refractivity contribution in [3.05, 3.63) is 0 Å². The van der Waals surface area contributed by atoms with E-state index in [1.54, 1.807) is 0 Å². The van der Waals surface area contributed by atoms with Crippen molar-refractivity contribution in [2.75, 3.05) is 45.8 Å². The van der Waals surface area contributed by atoms with Gasteiger partial charge in [0, 0.05) is 45.3 Å². The maximum absolute atomic E-state index is 11.9. The number of aliphatic imine (C=N–C) groups is 1. The van der Waals surface area contributed by atoms with Crippen LogP contribution in [0.25, 0.3) is 0 Å². The molecule has 0 aromatic rings. The minimum Gasteiger partial charge on any atom is -0.357 e. The van der Waals surface area contributed by atoms with Crippen LogP contribution < -0.4 is 10.6 Å². The topological polar surface area (TPSA) is 60.0 Å². The van der Waals surface area contributed by atoms with Gasteiger partial charge in [0.1, 0.15) is 0 Å². The molecule has 2 rings (SSSR count). The van der Waals surface area contributed by atoms with Crippen LogP contribution in [0.1, 0.15) is 53.4 Å². The lowest BCUT2D eigenvalue weighted by atomic mass is 9.91. The molecule has 1 saturated heterocycles. The van der Waals surface area contributed by atoms with Crippen LogP contribution in [0.4, 0.5) is 0 Å². The zero-order valence-electron chi connectivity index (χ0n) is 16.6. The Bertz CT molecular complexity index is 445. The molecule has 1 aliphatic heterocycles. The monoisotopic (exact) mass is 351 g/mol. The Morgan fingerprint density at radius 2 is 1.84 bits per heavy atom. The molecule has 2 aliphatic rings. The lowest BCUT2D eigenvalue weighted by molar-refractivity contribution is -0.122. The highest BCUT2D eigenvalue weighted by Crippen LogP contribution is 2.20. The highest BCUT2D eigenvalue weighted by atomic mass is 16.2. The largest absolute Gasteiger partial charge is 0.357 e. The quantitative estimate of drug-likeness (QED) is 0.416. The van der Waals surface area contributed by atoms with Crippen molar-refractivity contribution in [2.24, 2.45) is 10.4 Å². The molecule has 1 heterocycles. The first kappa shape index (κ1) is 20.0. The van der Waals surface area contributed by atoms with Gasteiger partial charge in [-0.1, -0.05) is 20.8 Å². The molecule has 0 bridgehead atoms. The van der Waals surface area contributed by atoms with Crippen molar-refractivity contribution in [1.29, 1.82) is 0 Å². The molecule has 1 amide bonds. The van der Waals surface area contributed by atoms with Crippen LogP contribution in [0, 0.1) is 5.41 Å². The van der Waals surface area contributed by atoms with Crippen LogP contribution in [0.15, 0.2) is 4.99 Å². The smallest absolute Gasteiger partial charge is 0.234 e. The van der Waals surface area contributed by atoms with Crippen molar-refractivity contribution in [1.82, 2.24) is 20.4 Å². The normalized spacial score (nSPS) is 19.8. The van der Waals surface area contributed by atoms with Gasteiger partial charge in [0.25, 0.3) is 0 Å². The second-order valence-electron chi connectivity index (χ2n) is 8.50. The Kier molecular flexibility index (Phi) is 7.54. The highest BCUT2D eigenvalue weighted by molar-refractivity contribution is 5.80. The van der Waals surface area contributed by atoms with E-state index in [9.17, 15) is 4.79 Å². The molecule has 0 unspecified atom stereocenters. The molecule has 0 spiro atoms. The number of carbonyl (C=O) groups excluding carboxylic acids is 1. The van der Waals surface area contributed by atoms with E-state index < -0.39 is 0 Å². The van der Waals surface area contributed by atoms with Crippen LogP contribution in [-0.2, 0) is 4.79 Å². The van der Waals surface area contributed by atoms with E-state index in [2.05, 4.69) is 48.1 Å². The van der Waals surface area contributed by atoms with Crippen LogP contribution in [0.3, 0.4) is 0 Å². The molecular formula is C19H37N5O. The summed E-state index contributed by atoms with van der Waals surface area (Å²) >= 11 is 0. The summed E-state index contributed by atoms with van der Waals surface area (Å²) in [4.78, 5) is 21.3. The summed E-state index contributed by atoms with van der Waals surface area (Å²) in [6, 6.07) is 0.453. The first-order chi connectivity index (χ1) is 11.9. The minimum absolute atomic E-state index is 0.179. The van der Waals surface area contributed by atoms with Gasteiger partial charge in [-0.2, -0.15) is 0 Å². The zero-order chi connectivity index (χ0) is 18.3. The van der Waals surface area contributed by atoms with E-state index in [1.165, 1.54) is 6.42 Å². The van der Waals surface area contributed by atoms with Crippen LogP contribution in [0.2, 0.25) is 0 Å². The number of rotatable bonds is 7. The molecule has 2 fully saturated rings. The van der Waals surface area contributed by atoms with Gasteiger partial charge in [0.15, 0.2) is 5.96 Å². The SMILES string of the molecule is CCNC(=NCCCC(C)(C)C)N1CCN(CC(=O)NC2CC2)CC1. The van der Waals surface area contributed by atoms with Crippen molar-refractivity contribution in [3.63, 3.8) is 0 Å². The third kappa shape index (κ3) is 8.08. The summed E-state index contributed by atoms with van der Waals surface area (Å²) in [6.45, 7) is 15.0. The number of nitrogens with one attached hydrogen (secondary N) is 2. The van der Waals surface area contributed by atoms with E-state index in [-0.39, 0.29) is 5.91 Å². The molecule has 0 aromatic carbocycles. The number of hydrogen-bond acceptors (Lipinski definition) is 3. The van der Waals surface area contributed by atoms with Crippen LogP contribution >= 0.6 is 0 Å². The molecular weight excluding hydrogens is 314 g/mol. The Balaban J connectivity index is 1.73. The van der Waals surface area contributed by atoms with Gasteiger partial charge in [0.05, 0.1) is 6.54 Å². The number of guanidine groups is 1. The fourth-order valence-electron chi connectivity index (χ4n) is 3.04. The van der Waals surface area contributed by atoms with Gasteiger partial charge in [-0.25, -0.2) is 0 Å². The third-order valence-corrected chi connectivity index (χ3v) is 4.66. The molecule has 0 atom stereocenters. The second kappa shape index (κ2) is 9.41. The van der Waals surface area contributed by atoms with E-state index in [0.29, 0.717) is 18.0 Å². The van der Waals surface area contributed by atoms with Gasteiger partial charge in [-0.3, -0.25) is 14.7 Å². The maximum Gasteiger partial charge on any atom is 0.234 e. The van der Waals surface area contributed by atoms with Gasteiger partial charge in [-0.15, -0.1) is 0 Å². The third-order valence-electron chi connectivity index (χ3n) is 4.66. The molecule has 2 N–H and O–H groups in total. The Morgan fingerprint density at radius 3 is 2.40 bits per heavy atom. The fraction of sp³-hybridized carbons (Fsp3) is 0.895. The Morgan fingerprint density at radius 1 is 1.16 bits per heavy atom. The number of piperazine rings is 1. The summed E-state index contributed by atoms with van der Waals surface area (Å²) in [7, 11) is 0. The predicted molar refractivity (Wildman–Crippen MR) is 104 cm³/mol. The molecule has 144 valence electrons. The van der Waals surface area contributed by atoms with Crippen LogP contribution in [0.5, 0.6) is 0 Å². The van der Waals surface area contributed by atoms with Gasteiger partial charge in [-0.05, 0) is 38.0 Å². The van der Waals surface area contributed by atoms with Crippen LogP contribution in [-0.4, -0.2) is 73.5 Å². The van der Waals surface area contributed by atoms with Crippen molar-refractivity contribution < 1.29 is 4.79 Å². The van der Waals surface area contributed by atoms with Crippen molar-refractivity contribution in [2.45, 2.75) is 59.4 Å². The number of carbonyl (C=O) groups is 1. The first-order valence-electron chi connectivity index (χ1n) is 9.92. The molecule has 6 nitrogen and oxygen atoms in total. The molecule has 0 aromatic heterocycles. The lowest BCUT2D eigenvalue weighted by Gasteiger charge is -2.36. The van der Waals surface area contributed by atoms with Crippen molar-refractivity contribution >= 4 is 11.9 Å². The Labute approximate surface area is 153 Å². The van der Waals surface area contributed by atoms with Crippen molar-refractivity contribution in [3.8, 4) is 0 Å². The molecule has 1 saturated carbocycles. The van der Waals surface area contributed by atoms with E-state index in [1.807, 2.05) is 0 Å². The number of amides is 1. The summed E-state index contributed by atoms with van der Waals surface area (Å²) in [6.07, 6.45) is 4.62. The predicted octanol–water partition coefficient (Wildman–Crippen LogP) is 1.67. The Hall–Kier alpha value is -1.30. The standard InChI is InChI=1S/C19H37N5O/c1-5-20-18(21-10-6-9-19(2,3)4)24-13-11-23(12-14-24)15-17(25)22-16-7-8-16/h16H,5-15H2,1-4H3,(H,20,21)(H,22,25). The highest BCUT2D eigenvalue weighted by Gasteiger charge is 2.25. The molecule has 0 radical (unpaired) electrons. The molecule has 25 heavy (non-hydrogen) atoms. The summed E-state index contributed by atoms with van der Waals surface area (Å²) in [5.41, 5.74) is 0.376. The number of hydrogen-bond donors (Lipinski definition) is 2. The van der Waals surface area contributed by atoms with Gasteiger partial charge < -0.3 is 15.5 Å². The first-order valence-corrected chi connectivity index (χ1v) is 9.92. The zero-order valence-corrected chi connectivity index (χ0v) is 16.6. The average Bonchev–Trinajstić information content (AvgIpc) is 3.34. The fourth-order valence-corrected chi connectivity index (χ4v) is 3.04. The second-order valence-corrected chi connectivity index (χ2v) is 8.50. The maximum atomic E-state index is 11.9. The summed E-state index contributed by atoms with van der Waals surface area (Å²) in [5, 5.41) is 6.49. The van der Waals surface area contributed by atoms with E-state index >= 15 is 0 Å². The molecule has 1 aliphatic carbocycles. The average molecular weight is 352 g/mol. The number of nitrogens with zero attached hydrogens (tertiary/aromatic N) is 3. The minimum atomic E-state index is 0.179. The summed E-state index contributed by atoms with van der Waals surface area (Å²) in [5.74, 6) is 1.21. The lowest BCUT2D eigenvalue weighted by Crippen LogP contribution is -2.54. The van der Waals surface area contributed by atoms with Gasteiger partial charge >= 0.3 is 0 Å². The van der Waals surface area contributed by atoms with E-state index in [0.717, 1.165) is 64.5 Å². The summed E-state index contributed by atoms with van der Waals surface area (Å²) < 4.78 is 0. The van der Waals surface area contributed by atoms with Gasteiger partial charge in [0.2, 0.25) is 5.91 Å². The molecule has 6 heteroatoms.